The van der Waals surface area contributed by atoms with Gasteiger partial charge in [0, 0.05) is 11.0 Å². The molecular formula is C17H23FO2. The van der Waals surface area contributed by atoms with Crippen LogP contribution < -0.4 is 0 Å². The van der Waals surface area contributed by atoms with E-state index in [4.69, 9.17) is 9.47 Å². The molecule has 2 saturated heterocycles. The molecule has 0 spiro atoms. The third-order valence-electron chi connectivity index (χ3n) is 5.49. The lowest BCUT2D eigenvalue weighted by Gasteiger charge is -2.42. The molecule has 2 heterocycles. The van der Waals surface area contributed by atoms with E-state index in [1.54, 1.807) is 12.1 Å². The molecule has 0 amide bonds. The standard InChI is InChI=1S/C17H23FO2/c1-15(2)14(16(3)9-10-17(15,4)20-16)19-11-12-7-5-6-8-13(12)18/h5-8,14H,9-11H2,1-4H3/t14-,16+,17-/m0/s1. The van der Waals surface area contributed by atoms with Crippen LogP contribution in [-0.4, -0.2) is 17.3 Å². The molecule has 2 aliphatic heterocycles. The highest BCUT2D eigenvalue weighted by Gasteiger charge is 2.68. The minimum absolute atomic E-state index is 0.00615. The van der Waals surface area contributed by atoms with E-state index in [1.807, 2.05) is 6.07 Å². The monoisotopic (exact) mass is 278 g/mol. The summed E-state index contributed by atoms with van der Waals surface area (Å²) in [6.07, 6.45) is 2.07. The van der Waals surface area contributed by atoms with E-state index in [9.17, 15) is 4.39 Å². The fraction of sp³-hybridized carbons (Fsp3) is 0.647. The average molecular weight is 278 g/mol. The number of fused-ring (bicyclic) bond motifs is 2. The molecule has 0 aromatic heterocycles. The van der Waals surface area contributed by atoms with Gasteiger partial charge in [-0.1, -0.05) is 32.0 Å². The van der Waals surface area contributed by atoms with Gasteiger partial charge in [0.05, 0.1) is 23.9 Å². The van der Waals surface area contributed by atoms with Crippen LogP contribution in [0.1, 0.15) is 46.1 Å². The van der Waals surface area contributed by atoms with E-state index in [1.165, 1.54) is 6.07 Å². The first-order chi connectivity index (χ1) is 9.29. The molecule has 1 aromatic carbocycles. The van der Waals surface area contributed by atoms with Gasteiger partial charge in [0.2, 0.25) is 0 Å². The molecule has 0 unspecified atom stereocenters. The maximum absolute atomic E-state index is 13.7. The van der Waals surface area contributed by atoms with Crippen molar-refractivity contribution in [2.45, 2.75) is 64.4 Å². The second kappa shape index (κ2) is 4.28. The Morgan fingerprint density at radius 1 is 1.20 bits per heavy atom. The number of halogens is 1. The fourth-order valence-corrected chi connectivity index (χ4v) is 3.96. The lowest BCUT2D eigenvalue weighted by molar-refractivity contribution is -0.0899. The quantitative estimate of drug-likeness (QED) is 0.829. The van der Waals surface area contributed by atoms with Gasteiger partial charge in [-0.2, -0.15) is 0 Å². The van der Waals surface area contributed by atoms with Crippen LogP contribution in [0.2, 0.25) is 0 Å². The van der Waals surface area contributed by atoms with Gasteiger partial charge in [0.25, 0.3) is 0 Å². The first-order valence-corrected chi connectivity index (χ1v) is 7.34. The Kier molecular flexibility index (Phi) is 3.00. The predicted octanol–water partition coefficient (Wildman–Crippen LogP) is 4.08. The summed E-state index contributed by atoms with van der Waals surface area (Å²) < 4.78 is 26.1. The Morgan fingerprint density at radius 2 is 1.90 bits per heavy atom. The summed E-state index contributed by atoms with van der Waals surface area (Å²) in [6, 6.07) is 6.80. The van der Waals surface area contributed by atoms with Crippen molar-refractivity contribution < 1.29 is 13.9 Å². The number of rotatable bonds is 3. The van der Waals surface area contributed by atoms with Gasteiger partial charge in [-0.05, 0) is 32.8 Å². The van der Waals surface area contributed by atoms with Crippen LogP contribution >= 0.6 is 0 Å². The Labute approximate surface area is 120 Å². The zero-order valence-corrected chi connectivity index (χ0v) is 12.7. The molecule has 3 heteroatoms. The molecule has 20 heavy (non-hydrogen) atoms. The SMILES string of the molecule is CC1(C)[C@H](OCc2ccccc2F)[C@@]2(C)CC[C@]1(C)O2. The molecule has 2 aliphatic rings. The van der Waals surface area contributed by atoms with E-state index in [0.717, 1.165) is 12.8 Å². The van der Waals surface area contributed by atoms with Crippen molar-refractivity contribution >= 4 is 0 Å². The minimum Gasteiger partial charge on any atom is -0.370 e. The Hall–Kier alpha value is -0.930. The van der Waals surface area contributed by atoms with Crippen LogP contribution in [0.4, 0.5) is 4.39 Å². The summed E-state index contributed by atoms with van der Waals surface area (Å²) in [7, 11) is 0. The highest BCUT2D eigenvalue weighted by molar-refractivity contribution is 5.19. The number of ether oxygens (including phenoxy) is 2. The van der Waals surface area contributed by atoms with Crippen molar-refractivity contribution in [2.24, 2.45) is 5.41 Å². The van der Waals surface area contributed by atoms with Gasteiger partial charge in [0.15, 0.2) is 0 Å². The summed E-state index contributed by atoms with van der Waals surface area (Å²) in [6.45, 7) is 8.99. The van der Waals surface area contributed by atoms with Crippen LogP contribution in [0.3, 0.4) is 0 Å². The molecule has 2 fully saturated rings. The van der Waals surface area contributed by atoms with Crippen LogP contribution in [0.25, 0.3) is 0 Å². The molecular weight excluding hydrogens is 255 g/mol. The first kappa shape index (κ1) is 14.0. The van der Waals surface area contributed by atoms with Gasteiger partial charge in [0.1, 0.15) is 5.82 Å². The molecule has 0 saturated carbocycles. The third-order valence-corrected chi connectivity index (χ3v) is 5.49. The van der Waals surface area contributed by atoms with Crippen molar-refractivity contribution in [3.63, 3.8) is 0 Å². The third kappa shape index (κ3) is 1.83. The Morgan fingerprint density at radius 3 is 2.50 bits per heavy atom. The summed E-state index contributed by atoms with van der Waals surface area (Å²) in [5.41, 5.74) is 0.163. The molecule has 0 N–H and O–H groups in total. The van der Waals surface area contributed by atoms with Crippen LogP contribution in [0, 0.1) is 11.2 Å². The van der Waals surface area contributed by atoms with Crippen LogP contribution in [0.5, 0.6) is 0 Å². The van der Waals surface area contributed by atoms with Crippen molar-refractivity contribution in [2.75, 3.05) is 0 Å². The molecule has 2 bridgehead atoms. The topological polar surface area (TPSA) is 18.5 Å². The summed E-state index contributed by atoms with van der Waals surface area (Å²) in [5, 5.41) is 0. The predicted molar refractivity (Wildman–Crippen MR) is 75.9 cm³/mol. The zero-order chi connectivity index (χ0) is 14.6. The summed E-state index contributed by atoms with van der Waals surface area (Å²) in [5.74, 6) is -0.203. The fourth-order valence-electron chi connectivity index (χ4n) is 3.96. The number of benzene rings is 1. The maximum Gasteiger partial charge on any atom is 0.128 e. The molecule has 2 nitrogen and oxygen atoms in total. The highest BCUT2D eigenvalue weighted by atomic mass is 19.1. The largest absolute Gasteiger partial charge is 0.370 e. The van der Waals surface area contributed by atoms with Gasteiger partial charge < -0.3 is 9.47 Å². The van der Waals surface area contributed by atoms with E-state index in [-0.39, 0.29) is 28.5 Å². The number of hydrogen-bond acceptors (Lipinski definition) is 2. The molecule has 0 radical (unpaired) electrons. The molecule has 110 valence electrons. The molecule has 3 atom stereocenters. The van der Waals surface area contributed by atoms with E-state index < -0.39 is 0 Å². The Bertz CT molecular complexity index is 527. The van der Waals surface area contributed by atoms with E-state index in [2.05, 4.69) is 27.7 Å². The smallest absolute Gasteiger partial charge is 0.128 e. The zero-order valence-electron chi connectivity index (χ0n) is 12.7. The van der Waals surface area contributed by atoms with Gasteiger partial charge >= 0.3 is 0 Å². The number of hydrogen-bond donors (Lipinski definition) is 0. The second-order valence-electron chi connectivity index (χ2n) is 7.15. The lowest BCUT2D eigenvalue weighted by Crippen LogP contribution is -2.50. The highest BCUT2D eigenvalue weighted by Crippen LogP contribution is 2.61. The van der Waals surface area contributed by atoms with Crippen molar-refractivity contribution in [1.29, 1.82) is 0 Å². The maximum atomic E-state index is 13.7. The molecule has 1 aromatic rings. The van der Waals surface area contributed by atoms with Crippen molar-refractivity contribution in [3.05, 3.63) is 35.6 Å². The lowest BCUT2D eigenvalue weighted by atomic mass is 9.64. The van der Waals surface area contributed by atoms with E-state index >= 15 is 0 Å². The minimum atomic E-state index is -0.247. The first-order valence-electron chi connectivity index (χ1n) is 7.34. The van der Waals surface area contributed by atoms with Crippen molar-refractivity contribution in [1.82, 2.24) is 0 Å². The normalized spacial score (nSPS) is 38.4. The Balaban J connectivity index is 1.80. The molecule has 0 aliphatic carbocycles. The summed E-state index contributed by atoms with van der Waals surface area (Å²) in [4.78, 5) is 0. The second-order valence-corrected chi connectivity index (χ2v) is 7.15. The van der Waals surface area contributed by atoms with Crippen LogP contribution in [0.15, 0.2) is 24.3 Å². The van der Waals surface area contributed by atoms with Gasteiger partial charge in [-0.15, -0.1) is 0 Å². The average Bonchev–Trinajstić information content (AvgIpc) is 2.76. The van der Waals surface area contributed by atoms with E-state index in [0.29, 0.717) is 12.2 Å². The molecule has 3 rings (SSSR count). The van der Waals surface area contributed by atoms with Gasteiger partial charge in [-0.25, -0.2) is 4.39 Å². The summed E-state index contributed by atoms with van der Waals surface area (Å²) >= 11 is 0. The van der Waals surface area contributed by atoms with Gasteiger partial charge in [-0.3, -0.25) is 0 Å². The van der Waals surface area contributed by atoms with Crippen LogP contribution in [-0.2, 0) is 16.1 Å². The van der Waals surface area contributed by atoms with Crippen molar-refractivity contribution in [3.8, 4) is 0 Å².